The van der Waals surface area contributed by atoms with Crippen LogP contribution in [-0.4, -0.2) is 33.7 Å². The van der Waals surface area contributed by atoms with Gasteiger partial charge in [0.2, 0.25) is 0 Å². The Labute approximate surface area is 105 Å². The number of nitrogens with zero attached hydrogens (tertiary/aromatic N) is 2. The Morgan fingerprint density at radius 3 is 2.72 bits per heavy atom. The van der Waals surface area contributed by atoms with Gasteiger partial charge in [0.15, 0.2) is 0 Å². The van der Waals surface area contributed by atoms with Crippen LogP contribution in [0.5, 0.6) is 0 Å². The summed E-state index contributed by atoms with van der Waals surface area (Å²) in [6.07, 6.45) is -4.23. The highest BCUT2D eigenvalue weighted by Crippen LogP contribution is 2.18. The lowest BCUT2D eigenvalue weighted by Crippen LogP contribution is -2.31. The van der Waals surface area contributed by atoms with E-state index in [2.05, 4.69) is 10.4 Å². The van der Waals surface area contributed by atoms with Gasteiger partial charge in [0.1, 0.15) is 11.6 Å². The average Bonchev–Trinajstić information content (AvgIpc) is 2.22. The summed E-state index contributed by atoms with van der Waals surface area (Å²) in [5, 5.41) is 14.6. The second-order valence-corrected chi connectivity index (χ2v) is 4.06. The first-order valence-electron chi connectivity index (χ1n) is 4.95. The third-order valence-electron chi connectivity index (χ3n) is 1.90. The minimum Gasteiger partial charge on any atom is -0.392 e. The molecule has 0 spiro atoms. The summed E-state index contributed by atoms with van der Waals surface area (Å²) in [5.41, 5.74) is -0.953. The molecule has 9 heteroatoms. The van der Waals surface area contributed by atoms with Gasteiger partial charge in [0, 0.05) is 6.54 Å². The van der Waals surface area contributed by atoms with Crippen molar-refractivity contribution in [3.05, 3.63) is 21.6 Å². The molecule has 1 heterocycles. The van der Waals surface area contributed by atoms with Gasteiger partial charge < -0.3 is 10.4 Å². The summed E-state index contributed by atoms with van der Waals surface area (Å²) in [6.45, 7) is 0.103. The number of hydrogen-bond acceptors (Lipinski definition) is 4. The van der Waals surface area contributed by atoms with E-state index in [0.29, 0.717) is 0 Å². The first kappa shape index (κ1) is 14.8. The lowest BCUT2D eigenvalue weighted by molar-refractivity contribution is -0.143. The van der Waals surface area contributed by atoms with Crippen LogP contribution in [0.1, 0.15) is 6.92 Å². The fourth-order valence-electron chi connectivity index (χ4n) is 1.13. The Morgan fingerprint density at radius 1 is 1.61 bits per heavy atom. The van der Waals surface area contributed by atoms with Gasteiger partial charge in [-0.1, -0.05) is 11.6 Å². The van der Waals surface area contributed by atoms with Crippen molar-refractivity contribution in [3.63, 3.8) is 0 Å². The quantitative estimate of drug-likeness (QED) is 0.874. The maximum absolute atomic E-state index is 12.1. The second-order valence-electron chi connectivity index (χ2n) is 3.68. The molecule has 0 aliphatic heterocycles. The molecule has 0 aliphatic carbocycles. The maximum atomic E-state index is 12.1. The Balaban J connectivity index is 2.95. The lowest BCUT2D eigenvalue weighted by atomic mass is 10.4. The standard InChI is InChI=1S/C9H11ClF3N3O2/c1-5(17)2-14-6-3-15-16(4-9(11,12)13)8(18)7(6)10/h3,5,14,17H,2,4H2,1H3. The van der Waals surface area contributed by atoms with Gasteiger partial charge in [0.25, 0.3) is 5.56 Å². The highest BCUT2D eigenvalue weighted by atomic mass is 35.5. The lowest BCUT2D eigenvalue weighted by Gasteiger charge is -2.12. The molecule has 1 atom stereocenters. The molecule has 18 heavy (non-hydrogen) atoms. The van der Waals surface area contributed by atoms with E-state index in [1.165, 1.54) is 6.92 Å². The summed E-state index contributed by atoms with van der Waals surface area (Å²) in [6, 6.07) is 0. The molecular formula is C9H11ClF3N3O2. The van der Waals surface area contributed by atoms with E-state index in [1.54, 1.807) is 0 Å². The molecule has 1 aromatic rings. The molecule has 0 aromatic carbocycles. The van der Waals surface area contributed by atoms with Crippen molar-refractivity contribution >= 4 is 17.3 Å². The smallest absolute Gasteiger partial charge is 0.392 e. The highest BCUT2D eigenvalue weighted by molar-refractivity contribution is 6.32. The molecule has 0 radical (unpaired) electrons. The minimum absolute atomic E-state index is 0.0843. The monoisotopic (exact) mass is 285 g/mol. The molecule has 0 fully saturated rings. The van der Waals surface area contributed by atoms with E-state index < -0.39 is 29.4 Å². The van der Waals surface area contributed by atoms with E-state index in [-0.39, 0.29) is 16.9 Å². The maximum Gasteiger partial charge on any atom is 0.408 e. The van der Waals surface area contributed by atoms with Gasteiger partial charge in [0.05, 0.1) is 18.0 Å². The molecule has 0 aliphatic rings. The SMILES string of the molecule is CC(O)CNc1cnn(CC(F)(F)F)c(=O)c1Cl. The summed E-state index contributed by atoms with van der Waals surface area (Å²) in [5.74, 6) is 0. The van der Waals surface area contributed by atoms with Crippen LogP contribution in [0.2, 0.25) is 5.02 Å². The van der Waals surface area contributed by atoms with Crippen LogP contribution in [0.25, 0.3) is 0 Å². The van der Waals surface area contributed by atoms with E-state index in [0.717, 1.165) is 6.20 Å². The molecular weight excluding hydrogens is 275 g/mol. The molecule has 0 amide bonds. The number of aliphatic hydroxyl groups excluding tert-OH is 1. The van der Waals surface area contributed by atoms with Crippen molar-refractivity contribution in [2.75, 3.05) is 11.9 Å². The summed E-state index contributed by atoms with van der Waals surface area (Å²) in [7, 11) is 0. The number of aliphatic hydroxyl groups is 1. The number of alkyl halides is 3. The molecule has 0 bridgehead atoms. The third kappa shape index (κ3) is 4.19. The molecule has 1 unspecified atom stereocenters. The first-order chi connectivity index (χ1) is 8.20. The topological polar surface area (TPSA) is 67.2 Å². The summed E-state index contributed by atoms with van der Waals surface area (Å²) in [4.78, 5) is 11.5. The van der Waals surface area contributed by atoms with Crippen LogP contribution in [0, 0.1) is 0 Å². The zero-order valence-electron chi connectivity index (χ0n) is 9.33. The largest absolute Gasteiger partial charge is 0.408 e. The van der Waals surface area contributed by atoms with Crippen LogP contribution in [0.4, 0.5) is 18.9 Å². The Bertz CT molecular complexity index is 473. The van der Waals surface area contributed by atoms with Gasteiger partial charge in [-0.3, -0.25) is 4.79 Å². The number of halogens is 4. The van der Waals surface area contributed by atoms with Crippen molar-refractivity contribution in [2.24, 2.45) is 0 Å². The van der Waals surface area contributed by atoms with E-state index in [4.69, 9.17) is 16.7 Å². The van der Waals surface area contributed by atoms with Gasteiger partial charge in [-0.2, -0.15) is 18.3 Å². The Hall–Kier alpha value is -1.28. The molecule has 5 nitrogen and oxygen atoms in total. The molecule has 0 saturated heterocycles. The zero-order chi connectivity index (χ0) is 13.9. The van der Waals surface area contributed by atoms with Crippen molar-refractivity contribution in [1.82, 2.24) is 9.78 Å². The van der Waals surface area contributed by atoms with E-state index in [1.807, 2.05) is 0 Å². The van der Waals surface area contributed by atoms with Crippen LogP contribution in [-0.2, 0) is 6.54 Å². The van der Waals surface area contributed by atoms with Crippen LogP contribution < -0.4 is 10.9 Å². The fourth-order valence-corrected chi connectivity index (χ4v) is 1.34. The van der Waals surface area contributed by atoms with Crippen molar-refractivity contribution in [3.8, 4) is 0 Å². The zero-order valence-corrected chi connectivity index (χ0v) is 10.1. The summed E-state index contributed by atoms with van der Waals surface area (Å²) < 4.78 is 36.6. The highest BCUT2D eigenvalue weighted by Gasteiger charge is 2.29. The molecule has 102 valence electrons. The van der Waals surface area contributed by atoms with Crippen LogP contribution in [0.3, 0.4) is 0 Å². The summed E-state index contributed by atoms with van der Waals surface area (Å²) >= 11 is 5.63. The number of hydrogen-bond donors (Lipinski definition) is 2. The average molecular weight is 286 g/mol. The van der Waals surface area contributed by atoms with Gasteiger partial charge >= 0.3 is 6.18 Å². The first-order valence-corrected chi connectivity index (χ1v) is 5.33. The predicted molar refractivity (Wildman–Crippen MR) is 59.7 cm³/mol. The number of nitrogens with one attached hydrogen (secondary N) is 1. The van der Waals surface area contributed by atoms with E-state index in [9.17, 15) is 18.0 Å². The number of anilines is 1. The normalized spacial score (nSPS) is 13.4. The van der Waals surface area contributed by atoms with Crippen molar-refractivity contribution in [2.45, 2.75) is 25.7 Å². The van der Waals surface area contributed by atoms with Gasteiger partial charge in [-0.15, -0.1) is 0 Å². The third-order valence-corrected chi connectivity index (χ3v) is 2.27. The molecule has 1 rings (SSSR count). The van der Waals surface area contributed by atoms with Gasteiger partial charge in [-0.05, 0) is 6.92 Å². The van der Waals surface area contributed by atoms with Crippen LogP contribution >= 0.6 is 11.6 Å². The van der Waals surface area contributed by atoms with Crippen LogP contribution in [0.15, 0.2) is 11.0 Å². The molecule has 1 aromatic heterocycles. The van der Waals surface area contributed by atoms with Gasteiger partial charge in [-0.25, -0.2) is 4.68 Å². The van der Waals surface area contributed by atoms with Crippen molar-refractivity contribution in [1.29, 1.82) is 0 Å². The minimum atomic E-state index is -4.55. The fraction of sp³-hybridized carbons (Fsp3) is 0.556. The second kappa shape index (κ2) is 5.57. The number of rotatable bonds is 4. The number of aromatic nitrogens is 2. The molecule has 2 N–H and O–H groups in total. The van der Waals surface area contributed by atoms with E-state index >= 15 is 0 Å². The Kier molecular flexibility index (Phi) is 4.58. The van der Waals surface area contributed by atoms with Crippen molar-refractivity contribution < 1.29 is 18.3 Å². The Morgan fingerprint density at radius 2 is 2.22 bits per heavy atom. The predicted octanol–water partition coefficient (Wildman–Crippen LogP) is 1.25. The molecule has 0 saturated carbocycles.